The van der Waals surface area contributed by atoms with E-state index >= 15 is 0 Å². The summed E-state index contributed by atoms with van der Waals surface area (Å²) in [6, 6.07) is 1.94. The van der Waals surface area contributed by atoms with Gasteiger partial charge in [0.25, 0.3) is 0 Å². The van der Waals surface area contributed by atoms with Crippen LogP contribution in [0.4, 0.5) is 0 Å². The standard InChI is InChI=1S/C11H20N2O/c1-10(2,3)11(4,14)8-9-6-7-13(5)12-9/h6-7,14H,8H2,1-5H3. The van der Waals surface area contributed by atoms with Crippen LogP contribution in [-0.2, 0) is 13.5 Å². The normalized spacial score (nSPS) is 16.7. The second-order valence-electron chi connectivity index (χ2n) is 5.18. The van der Waals surface area contributed by atoms with Crippen molar-refractivity contribution in [2.24, 2.45) is 12.5 Å². The molecule has 1 atom stereocenters. The van der Waals surface area contributed by atoms with Gasteiger partial charge < -0.3 is 5.11 Å². The van der Waals surface area contributed by atoms with Crippen LogP contribution >= 0.6 is 0 Å². The summed E-state index contributed by atoms with van der Waals surface area (Å²) < 4.78 is 1.76. The number of hydrogen-bond donors (Lipinski definition) is 1. The highest BCUT2D eigenvalue weighted by Gasteiger charge is 2.35. The second-order valence-corrected chi connectivity index (χ2v) is 5.18. The zero-order valence-corrected chi connectivity index (χ0v) is 9.70. The van der Waals surface area contributed by atoms with Crippen LogP contribution in [0.2, 0.25) is 0 Å². The maximum absolute atomic E-state index is 10.3. The van der Waals surface area contributed by atoms with E-state index in [1.54, 1.807) is 4.68 Å². The third-order valence-electron chi connectivity index (χ3n) is 2.91. The highest BCUT2D eigenvalue weighted by molar-refractivity contribution is 5.05. The van der Waals surface area contributed by atoms with Gasteiger partial charge in [0.15, 0.2) is 0 Å². The fourth-order valence-electron chi connectivity index (χ4n) is 1.18. The molecule has 3 heteroatoms. The topological polar surface area (TPSA) is 38.0 Å². The van der Waals surface area contributed by atoms with Crippen molar-refractivity contribution in [1.82, 2.24) is 9.78 Å². The van der Waals surface area contributed by atoms with Crippen molar-refractivity contribution in [2.75, 3.05) is 0 Å². The highest BCUT2D eigenvalue weighted by atomic mass is 16.3. The third kappa shape index (κ3) is 2.35. The fourth-order valence-corrected chi connectivity index (χ4v) is 1.18. The SMILES string of the molecule is Cn1ccc(CC(C)(O)C(C)(C)C)n1. The molecule has 0 aliphatic carbocycles. The fraction of sp³-hybridized carbons (Fsp3) is 0.727. The lowest BCUT2D eigenvalue weighted by Gasteiger charge is -2.36. The van der Waals surface area contributed by atoms with E-state index in [9.17, 15) is 5.11 Å². The quantitative estimate of drug-likeness (QED) is 0.782. The summed E-state index contributed by atoms with van der Waals surface area (Å²) in [4.78, 5) is 0. The van der Waals surface area contributed by atoms with Crippen LogP contribution < -0.4 is 0 Å². The summed E-state index contributed by atoms with van der Waals surface area (Å²) in [5, 5.41) is 14.5. The van der Waals surface area contributed by atoms with Crippen LogP contribution in [0.3, 0.4) is 0 Å². The van der Waals surface area contributed by atoms with E-state index in [2.05, 4.69) is 5.10 Å². The molecule has 0 saturated heterocycles. The Labute approximate surface area is 85.8 Å². The Hall–Kier alpha value is -0.830. The monoisotopic (exact) mass is 196 g/mol. The van der Waals surface area contributed by atoms with E-state index in [1.807, 2.05) is 47.0 Å². The lowest BCUT2D eigenvalue weighted by molar-refractivity contribution is -0.0413. The first-order valence-electron chi connectivity index (χ1n) is 4.93. The first kappa shape index (κ1) is 11.2. The summed E-state index contributed by atoms with van der Waals surface area (Å²) in [6.45, 7) is 7.98. The van der Waals surface area contributed by atoms with Gasteiger partial charge in [0.05, 0.1) is 11.3 Å². The van der Waals surface area contributed by atoms with Crippen molar-refractivity contribution >= 4 is 0 Å². The van der Waals surface area contributed by atoms with Crippen molar-refractivity contribution in [3.05, 3.63) is 18.0 Å². The van der Waals surface area contributed by atoms with Gasteiger partial charge >= 0.3 is 0 Å². The van der Waals surface area contributed by atoms with E-state index in [1.165, 1.54) is 0 Å². The van der Waals surface area contributed by atoms with E-state index in [4.69, 9.17) is 0 Å². The van der Waals surface area contributed by atoms with Gasteiger partial charge in [0.2, 0.25) is 0 Å². The number of rotatable bonds is 2. The maximum Gasteiger partial charge on any atom is 0.0723 e. The molecule has 0 aliphatic rings. The van der Waals surface area contributed by atoms with Crippen LogP contribution in [0.5, 0.6) is 0 Å². The molecule has 3 nitrogen and oxygen atoms in total. The smallest absolute Gasteiger partial charge is 0.0723 e. The van der Waals surface area contributed by atoms with Crippen LogP contribution in [0, 0.1) is 5.41 Å². The lowest BCUT2D eigenvalue weighted by atomic mass is 9.75. The van der Waals surface area contributed by atoms with Crippen molar-refractivity contribution in [3.8, 4) is 0 Å². The van der Waals surface area contributed by atoms with Gasteiger partial charge in [0, 0.05) is 19.7 Å². The molecule has 1 rings (SSSR count). The summed E-state index contributed by atoms with van der Waals surface area (Å²) in [6.07, 6.45) is 2.49. The van der Waals surface area contributed by atoms with E-state index < -0.39 is 5.60 Å². The maximum atomic E-state index is 10.3. The summed E-state index contributed by atoms with van der Waals surface area (Å²) >= 11 is 0. The second kappa shape index (κ2) is 3.39. The Balaban J connectivity index is 2.78. The van der Waals surface area contributed by atoms with Crippen LogP contribution in [0.1, 0.15) is 33.4 Å². The summed E-state index contributed by atoms with van der Waals surface area (Å²) in [5.41, 5.74) is 0.0821. The molecule has 1 aromatic rings. The molecular weight excluding hydrogens is 176 g/mol. The van der Waals surface area contributed by atoms with Gasteiger partial charge in [-0.2, -0.15) is 5.10 Å². The molecule has 0 radical (unpaired) electrons. The average molecular weight is 196 g/mol. The number of aryl methyl sites for hydroxylation is 1. The van der Waals surface area contributed by atoms with Gasteiger partial charge in [0.1, 0.15) is 0 Å². The molecule has 0 bridgehead atoms. The van der Waals surface area contributed by atoms with Crippen molar-refractivity contribution in [1.29, 1.82) is 0 Å². The van der Waals surface area contributed by atoms with Gasteiger partial charge in [-0.1, -0.05) is 20.8 Å². The molecule has 0 saturated carbocycles. The molecule has 1 N–H and O–H groups in total. The molecule has 0 fully saturated rings. The van der Waals surface area contributed by atoms with E-state index in [0.717, 1.165) is 5.69 Å². The van der Waals surface area contributed by atoms with Crippen LogP contribution in [-0.4, -0.2) is 20.5 Å². The van der Waals surface area contributed by atoms with Crippen LogP contribution in [0.15, 0.2) is 12.3 Å². The molecule has 0 aliphatic heterocycles. The van der Waals surface area contributed by atoms with Gasteiger partial charge in [-0.25, -0.2) is 0 Å². The van der Waals surface area contributed by atoms with E-state index in [-0.39, 0.29) is 5.41 Å². The summed E-state index contributed by atoms with van der Waals surface area (Å²) in [5.74, 6) is 0. The molecule has 1 unspecified atom stereocenters. The van der Waals surface area contributed by atoms with Gasteiger partial charge in [-0.05, 0) is 18.4 Å². The third-order valence-corrected chi connectivity index (χ3v) is 2.91. The Morgan fingerprint density at radius 2 is 1.93 bits per heavy atom. The molecule has 80 valence electrons. The van der Waals surface area contributed by atoms with Crippen LogP contribution in [0.25, 0.3) is 0 Å². The predicted octanol–water partition coefficient (Wildman–Crippen LogP) is 1.76. The molecule has 1 aromatic heterocycles. The minimum Gasteiger partial charge on any atom is -0.389 e. The Morgan fingerprint density at radius 3 is 2.29 bits per heavy atom. The van der Waals surface area contributed by atoms with Crippen molar-refractivity contribution in [2.45, 2.75) is 39.7 Å². The molecule has 0 spiro atoms. The molecular formula is C11H20N2O. The zero-order chi connectivity index (χ0) is 11.0. The lowest BCUT2D eigenvalue weighted by Crippen LogP contribution is -2.41. The Bertz CT molecular complexity index is 307. The number of aromatic nitrogens is 2. The van der Waals surface area contributed by atoms with Crippen molar-refractivity contribution in [3.63, 3.8) is 0 Å². The number of aliphatic hydroxyl groups is 1. The Kier molecular flexibility index (Phi) is 2.72. The first-order chi connectivity index (χ1) is 6.22. The average Bonchev–Trinajstić information content (AvgIpc) is 2.31. The highest BCUT2D eigenvalue weighted by Crippen LogP contribution is 2.32. The van der Waals surface area contributed by atoms with Gasteiger partial charge in [-0.3, -0.25) is 4.68 Å². The molecule has 1 heterocycles. The largest absolute Gasteiger partial charge is 0.389 e. The predicted molar refractivity (Wildman–Crippen MR) is 57.0 cm³/mol. The van der Waals surface area contributed by atoms with Gasteiger partial charge in [-0.15, -0.1) is 0 Å². The Morgan fingerprint density at radius 1 is 1.36 bits per heavy atom. The molecule has 14 heavy (non-hydrogen) atoms. The molecule has 0 aromatic carbocycles. The number of nitrogens with zero attached hydrogens (tertiary/aromatic N) is 2. The number of hydrogen-bond acceptors (Lipinski definition) is 2. The minimum absolute atomic E-state index is 0.134. The summed E-state index contributed by atoms with van der Waals surface area (Å²) in [7, 11) is 1.88. The minimum atomic E-state index is -0.721. The first-order valence-corrected chi connectivity index (χ1v) is 4.93. The van der Waals surface area contributed by atoms with E-state index in [0.29, 0.717) is 6.42 Å². The molecule has 0 amide bonds. The zero-order valence-electron chi connectivity index (χ0n) is 9.70. The van der Waals surface area contributed by atoms with Crippen molar-refractivity contribution < 1.29 is 5.11 Å².